The molecule has 0 spiro atoms. The molecule has 0 fully saturated rings. The molecular weight excluding hydrogens is 152 g/mol. The molecule has 3 nitrogen and oxygen atoms in total. The monoisotopic (exact) mass is 168 g/mol. The molecular formula is C9H16N2O. The van der Waals surface area contributed by atoms with Crippen LogP contribution in [0.25, 0.3) is 0 Å². The van der Waals surface area contributed by atoms with Crippen molar-refractivity contribution in [2.24, 2.45) is 5.73 Å². The molecule has 0 aliphatic heterocycles. The second kappa shape index (κ2) is 4.13. The molecule has 0 radical (unpaired) electrons. The molecule has 3 heteroatoms. The molecule has 0 aliphatic carbocycles. The minimum atomic E-state index is -0.458. The third-order valence-corrected chi connectivity index (χ3v) is 1.36. The Kier molecular flexibility index (Phi) is 3.78. The lowest BCUT2D eigenvalue weighted by molar-refractivity contribution is -0.130. The molecule has 68 valence electrons. The molecule has 0 unspecified atom stereocenters. The van der Waals surface area contributed by atoms with E-state index >= 15 is 0 Å². The lowest BCUT2D eigenvalue weighted by atomic mass is 10.0. The van der Waals surface area contributed by atoms with Crippen LogP contribution in [0.3, 0.4) is 0 Å². The van der Waals surface area contributed by atoms with Gasteiger partial charge in [-0.25, -0.2) is 0 Å². The maximum atomic E-state index is 11.3. The summed E-state index contributed by atoms with van der Waals surface area (Å²) in [4.78, 5) is 12.8. The summed E-state index contributed by atoms with van der Waals surface area (Å²) in [5.41, 5.74) is 5.21. The van der Waals surface area contributed by atoms with Crippen LogP contribution in [0.2, 0.25) is 0 Å². The Labute approximate surface area is 73.9 Å². The van der Waals surface area contributed by atoms with Crippen LogP contribution in [-0.2, 0) is 4.79 Å². The predicted molar refractivity (Wildman–Crippen MR) is 49.4 cm³/mol. The van der Waals surface area contributed by atoms with Crippen molar-refractivity contribution in [3.63, 3.8) is 0 Å². The van der Waals surface area contributed by atoms with E-state index in [-0.39, 0.29) is 5.91 Å². The number of terminal acetylenes is 1. The summed E-state index contributed by atoms with van der Waals surface area (Å²) in [6, 6.07) is 0. The highest BCUT2D eigenvalue weighted by Crippen LogP contribution is 2.05. The van der Waals surface area contributed by atoms with E-state index in [1.54, 1.807) is 7.05 Å². The molecule has 0 saturated heterocycles. The van der Waals surface area contributed by atoms with Crippen LogP contribution in [0.15, 0.2) is 0 Å². The van der Waals surface area contributed by atoms with Gasteiger partial charge in [0.2, 0.25) is 5.91 Å². The van der Waals surface area contributed by atoms with Gasteiger partial charge in [0.05, 0.1) is 6.54 Å². The third kappa shape index (κ3) is 4.75. The minimum absolute atomic E-state index is 0.0135. The lowest BCUT2D eigenvalue weighted by Crippen LogP contribution is -2.39. The van der Waals surface area contributed by atoms with Crippen LogP contribution in [-0.4, -0.2) is 29.9 Å². The van der Waals surface area contributed by atoms with E-state index in [4.69, 9.17) is 12.2 Å². The average molecular weight is 168 g/mol. The first-order chi connectivity index (χ1) is 5.37. The summed E-state index contributed by atoms with van der Waals surface area (Å²) in [6.07, 6.45) is 5.38. The number of carbonyl (C=O) groups excluding carboxylic acids is 1. The van der Waals surface area contributed by atoms with Crippen molar-refractivity contribution in [3.8, 4) is 12.3 Å². The lowest BCUT2D eigenvalue weighted by Gasteiger charge is -2.21. The molecule has 0 aliphatic rings. The highest BCUT2D eigenvalue weighted by Gasteiger charge is 2.18. The normalized spacial score (nSPS) is 10.6. The number of nitrogens with two attached hydrogens (primary N) is 1. The topological polar surface area (TPSA) is 46.3 Å². The zero-order valence-corrected chi connectivity index (χ0v) is 7.92. The largest absolute Gasteiger partial charge is 0.335 e. The molecule has 12 heavy (non-hydrogen) atoms. The fraction of sp³-hybridized carbons (Fsp3) is 0.667. The summed E-state index contributed by atoms with van der Waals surface area (Å²) >= 11 is 0. The Morgan fingerprint density at radius 1 is 1.67 bits per heavy atom. The van der Waals surface area contributed by atoms with Crippen molar-refractivity contribution in [1.29, 1.82) is 0 Å². The second-order valence-corrected chi connectivity index (χ2v) is 3.62. The standard InChI is InChI=1S/C9H16N2O/c1-5-6-11(4)8(12)7-9(2,3)10/h1H,6-7,10H2,2-4H3. The smallest absolute Gasteiger partial charge is 0.224 e. The van der Waals surface area contributed by atoms with E-state index < -0.39 is 5.54 Å². The first-order valence-electron chi connectivity index (χ1n) is 3.83. The van der Waals surface area contributed by atoms with E-state index in [1.165, 1.54) is 4.90 Å². The number of rotatable bonds is 3. The molecule has 0 aromatic heterocycles. The predicted octanol–water partition coefficient (Wildman–Crippen LogP) is 0.205. The molecule has 0 bridgehead atoms. The van der Waals surface area contributed by atoms with Crippen LogP contribution in [0, 0.1) is 12.3 Å². The van der Waals surface area contributed by atoms with Crippen molar-refractivity contribution in [1.82, 2.24) is 4.90 Å². The Morgan fingerprint density at radius 3 is 2.50 bits per heavy atom. The van der Waals surface area contributed by atoms with E-state index in [0.717, 1.165) is 0 Å². The third-order valence-electron chi connectivity index (χ3n) is 1.36. The number of hydrogen-bond donors (Lipinski definition) is 1. The Morgan fingerprint density at radius 2 is 2.17 bits per heavy atom. The second-order valence-electron chi connectivity index (χ2n) is 3.62. The van der Waals surface area contributed by atoms with Crippen molar-refractivity contribution in [2.75, 3.05) is 13.6 Å². The van der Waals surface area contributed by atoms with Crippen molar-refractivity contribution < 1.29 is 4.79 Å². The Hall–Kier alpha value is -1.01. The highest BCUT2D eigenvalue weighted by molar-refractivity contribution is 5.77. The maximum Gasteiger partial charge on any atom is 0.224 e. The van der Waals surface area contributed by atoms with Crippen molar-refractivity contribution in [2.45, 2.75) is 25.8 Å². The molecule has 0 aromatic rings. The van der Waals surface area contributed by atoms with Crippen LogP contribution in [0.4, 0.5) is 0 Å². The van der Waals surface area contributed by atoms with Crippen LogP contribution in [0.5, 0.6) is 0 Å². The van der Waals surface area contributed by atoms with Gasteiger partial charge in [0.1, 0.15) is 0 Å². The summed E-state index contributed by atoms with van der Waals surface area (Å²) in [5.74, 6) is 2.38. The molecule has 0 atom stereocenters. The van der Waals surface area contributed by atoms with Crippen LogP contribution < -0.4 is 5.73 Å². The van der Waals surface area contributed by atoms with E-state index in [1.807, 2.05) is 13.8 Å². The highest BCUT2D eigenvalue weighted by atomic mass is 16.2. The van der Waals surface area contributed by atoms with Gasteiger partial charge in [-0.05, 0) is 13.8 Å². The molecule has 2 N–H and O–H groups in total. The van der Waals surface area contributed by atoms with Crippen LogP contribution in [0.1, 0.15) is 20.3 Å². The van der Waals surface area contributed by atoms with Crippen molar-refractivity contribution >= 4 is 5.91 Å². The quantitative estimate of drug-likeness (QED) is 0.612. The summed E-state index contributed by atoms with van der Waals surface area (Å²) in [6.45, 7) is 3.97. The first kappa shape index (κ1) is 11.0. The zero-order chi connectivity index (χ0) is 9.78. The zero-order valence-electron chi connectivity index (χ0n) is 7.92. The average Bonchev–Trinajstić information content (AvgIpc) is 1.84. The summed E-state index contributed by atoms with van der Waals surface area (Å²) in [5, 5.41) is 0. The van der Waals surface area contributed by atoms with Gasteiger partial charge in [-0.1, -0.05) is 5.92 Å². The molecule has 0 heterocycles. The Bertz CT molecular complexity index is 198. The number of carbonyl (C=O) groups is 1. The van der Waals surface area contributed by atoms with E-state index in [0.29, 0.717) is 13.0 Å². The SMILES string of the molecule is C#CCN(C)C(=O)CC(C)(C)N. The van der Waals surface area contributed by atoms with Gasteiger partial charge in [0, 0.05) is 19.0 Å². The van der Waals surface area contributed by atoms with Crippen molar-refractivity contribution in [3.05, 3.63) is 0 Å². The number of nitrogens with zero attached hydrogens (tertiary/aromatic N) is 1. The van der Waals surface area contributed by atoms with Gasteiger partial charge < -0.3 is 10.6 Å². The van der Waals surface area contributed by atoms with Crippen LogP contribution >= 0.6 is 0 Å². The Balaban J connectivity index is 3.98. The molecule has 1 amide bonds. The number of hydrogen-bond acceptors (Lipinski definition) is 2. The van der Waals surface area contributed by atoms with Gasteiger partial charge in [-0.15, -0.1) is 6.42 Å². The van der Waals surface area contributed by atoms with Gasteiger partial charge in [0.15, 0.2) is 0 Å². The summed E-state index contributed by atoms with van der Waals surface area (Å²) in [7, 11) is 1.67. The van der Waals surface area contributed by atoms with E-state index in [9.17, 15) is 4.79 Å². The number of amides is 1. The summed E-state index contributed by atoms with van der Waals surface area (Å²) < 4.78 is 0. The van der Waals surface area contributed by atoms with Gasteiger partial charge >= 0.3 is 0 Å². The fourth-order valence-corrected chi connectivity index (χ4v) is 0.750. The molecule has 0 aromatic carbocycles. The van der Waals surface area contributed by atoms with Gasteiger partial charge in [-0.3, -0.25) is 4.79 Å². The molecule has 0 rings (SSSR count). The molecule has 0 saturated carbocycles. The fourth-order valence-electron chi connectivity index (χ4n) is 0.750. The van der Waals surface area contributed by atoms with Gasteiger partial charge in [0.25, 0.3) is 0 Å². The van der Waals surface area contributed by atoms with Gasteiger partial charge in [-0.2, -0.15) is 0 Å². The maximum absolute atomic E-state index is 11.3. The van der Waals surface area contributed by atoms with E-state index in [2.05, 4.69) is 5.92 Å². The minimum Gasteiger partial charge on any atom is -0.335 e. The first-order valence-corrected chi connectivity index (χ1v) is 3.83.